The van der Waals surface area contributed by atoms with Gasteiger partial charge in [-0.15, -0.1) is 0 Å². The molecule has 4 heterocycles. The van der Waals surface area contributed by atoms with Gasteiger partial charge in [-0.05, 0) is 167 Å². The zero-order valence-electron chi connectivity index (χ0n) is 56.6. The highest BCUT2D eigenvalue weighted by Gasteiger charge is 2.15. The third-order valence-corrected chi connectivity index (χ3v) is 18.6. The summed E-state index contributed by atoms with van der Waals surface area (Å²) in [4.78, 5) is 0. The smallest absolute Gasteiger partial charge is 0.143 e. The van der Waals surface area contributed by atoms with Crippen LogP contribution < -0.4 is 21.3 Å². The Morgan fingerprint density at radius 1 is 0.154 bits per heavy atom. The quantitative estimate of drug-likeness (QED) is 0.0960. The summed E-state index contributed by atoms with van der Waals surface area (Å²) in [7, 11) is 0. The van der Waals surface area contributed by atoms with Gasteiger partial charge in [-0.1, -0.05) is 249 Å². The highest BCUT2D eigenvalue weighted by Crippen LogP contribution is 2.39. The topological polar surface area (TPSA) is 101 Å². The lowest BCUT2D eigenvalue weighted by Crippen LogP contribution is -1.93. The summed E-state index contributed by atoms with van der Waals surface area (Å²) in [5.74, 6) is 0. The minimum Gasteiger partial charge on any atom is -0.456 e. The number of hydrogen-bond acceptors (Lipinski definition) is 8. The molecule has 104 heavy (non-hydrogen) atoms. The Morgan fingerprint density at radius 3 is 1.06 bits per heavy atom. The van der Waals surface area contributed by atoms with Gasteiger partial charge in [0.2, 0.25) is 0 Å². The molecule has 0 amide bonds. The number of benzene rings is 16. The van der Waals surface area contributed by atoms with Crippen molar-refractivity contribution in [1.29, 1.82) is 0 Å². The van der Waals surface area contributed by atoms with Crippen molar-refractivity contribution in [2.75, 3.05) is 21.3 Å². The standard InChI is InChI=1S/4C24H17NO/c1-2-8-17(9-3-1)19-10-4-6-12-22(19)25-18-14-15-21-20-11-5-7-13-23(20)26-24(21)16-18;1-2-7-18(8-3-1)25-19-15-13-17(14-16-19)20-10-6-11-22-21-9-4-5-12-23(21)26-24(20)22;1-2-6-19(7-3-1)25-20-13-10-17(11-14-20)18-12-15-22-21-8-4-5-9-23(21)26-24(22)16-18;1-2-6-17(7-3-1)18-10-12-19(13-11-18)25-20-14-15-24-22(16-20)21-8-4-5-9-23(21)26-24/h4*1-16,25H. The summed E-state index contributed by atoms with van der Waals surface area (Å²) in [6, 6.07) is 133. The Morgan fingerprint density at radius 2 is 0.481 bits per heavy atom. The van der Waals surface area contributed by atoms with Gasteiger partial charge in [0, 0.05) is 106 Å². The van der Waals surface area contributed by atoms with E-state index < -0.39 is 0 Å². The van der Waals surface area contributed by atoms with Crippen molar-refractivity contribution in [3.05, 3.63) is 388 Å². The number of furan rings is 4. The Hall–Kier alpha value is -14.1. The van der Waals surface area contributed by atoms with Crippen LogP contribution in [0.1, 0.15) is 0 Å². The Balaban J connectivity index is 0.000000103. The first kappa shape index (κ1) is 63.4. The normalized spacial score (nSPS) is 11.1. The van der Waals surface area contributed by atoms with Gasteiger partial charge >= 0.3 is 0 Å². The number of nitrogens with one attached hydrogen (secondary N) is 4. The summed E-state index contributed by atoms with van der Waals surface area (Å²) < 4.78 is 24.1. The predicted octanol–water partition coefficient (Wildman–Crippen LogP) is 28.0. The number of rotatable bonds is 12. The lowest BCUT2D eigenvalue weighted by molar-refractivity contribution is 0.668. The molecule has 0 spiro atoms. The fraction of sp³-hybridized carbons (Fsp3) is 0. The molecule has 4 aromatic heterocycles. The number of fused-ring (bicyclic) bond motifs is 12. The fourth-order valence-electron chi connectivity index (χ4n) is 13.5. The molecular formula is C96H68N4O4. The van der Waals surface area contributed by atoms with E-state index in [2.05, 4.69) is 282 Å². The first-order valence-corrected chi connectivity index (χ1v) is 34.8. The van der Waals surface area contributed by atoms with Crippen molar-refractivity contribution in [3.8, 4) is 44.5 Å². The van der Waals surface area contributed by atoms with Crippen LogP contribution in [-0.4, -0.2) is 0 Å². The van der Waals surface area contributed by atoms with Gasteiger partial charge in [-0.2, -0.15) is 0 Å². The van der Waals surface area contributed by atoms with E-state index in [1.54, 1.807) is 0 Å². The Kier molecular flexibility index (Phi) is 17.7. The van der Waals surface area contributed by atoms with Crippen LogP contribution in [0.15, 0.2) is 406 Å². The van der Waals surface area contributed by atoms with E-state index in [-0.39, 0.29) is 0 Å². The van der Waals surface area contributed by atoms with Crippen molar-refractivity contribution in [1.82, 2.24) is 0 Å². The van der Waals surface area contributed by atoms with E-state index in [9.17, 15) is 0 Å². The molecule has 0 saturated carbocycles. The van der Waals surface area contributed by atoms with Crippen LogP contribution in [0.4, 0.5) is 45.5 Å². The summed E-state index contributed by atoms with van der Waals surface area (Å²) in [5.41, 5.74) is 25.3. The van der Waals surface area contributed by atoms with E-state index in [4.69, 9.17) is 17.7 Å². The second-order valence-electron chi connectivity index (χ2n) is 25.4. The van der Waals surface area contributed by atoms with Crippen molar-refractivity contribution in [3.63, 3.8) is 0 Å². The van der Waals surface area contributed by atoms with Crippen molar-refractivity contribution in [2.45, 2.75) is 0 Å². The second kappa shape index (κ2) is 29.0. The van der Waals surface area contributed by atoms with Crippen LogP contribution in [0, 0.1) is 0 Å². The SMILES string of the molecule is c1ccc(-c2ccc(Nc3ccc4oc5ccccc5c4c3)cc2)cc1.c1ccc(-c2ccccc2Nc2ccc3c(c2)oc2ccccc23)cc1.c1ccc(Nc2ccc(-c3ccc4c(c3)oc3ccccc34)cc2)cc1.c1ccc(Nc2ccc(-c3cccc4c3oc3ccccc34)cc2)cc1. The molecule has 0 aliphatic carbocycles. The molecule has 20 aromatic rings. The lowest BCUT2D eigenvalue weighted by atomic mass is 10.0. The molecule has 8 heteroatoms. The third kappa shape index (κ3) is 13.7. The monoisotopic (exact) mass is 1340 g/mol. The molecule has 0 aliphatic heterocycles. The third-order valence-electron chi connectivity index (χ3n) is 18.6. The van der Waals surface area contributed by atoms with Crippen LogP contribution in [0.2, 0.25) is 0 Å². The van der Waals surface area contributed by atoms with E-state index in [1.807, 2.05) is 127 Å². The lowest BCUT2D eigenvalue weighted by Gasteiger charge is -2.12. The molecule has 0 bridgehead atoms. The number of hydrogen-bond donors (Lipinski definition) is 4. The maximum absolute atomic E-state index is 6.15. The van der Waals surface area contributed by atoms with Crippen molar-refractivity contribution in [2.24, 2.45) is 0 Å². The largest absolute Gasteiger partial charge is 0.456 e. The molecule has 0 radical (unpaired) electrons. The van der Waals surface area contributed by atoms with Crippen molar-refractivity contribution < 1.29 is 17.7 Å². The first-order valence-electron chi connectivity index (χ1n) is 34.8. The van der Waals surface area contributed by atoms with Crippen LogP contribution >= 0.6 is 0 Å². The van der Waals surface area contributed by atoms with E-state index >= 15 is 0 Å². The fourth-order valence-corrected chi connectivity index (χ4v) is 13.5. The molecule has 0 atom stereocenters. The molecule has 0 fully saturated rings. The number of para-hydroxylation sites is 8. The zero-order valence-corrected chi connectivity index (χ0v) is 56.6. The first-order chi connectivity index (χ1) is 51.5. The van der Waals surface area contributed by atoms with Gasteiger partial charge in [0.25, 0.3) is 0 Å². The second-order valence-corrected chi connectivity index (χ2v) is 25.4. The molecule has 8 nitrogen and oxygen atoms in total. The van der Waals surface area contributed by atoms with Gasteiger partial charge in [-0.25, -0.2) is 0 Å². The van der Waals surface area contributed by atoms with E-state index in [1.165, 1.54) is 27.8 Å². The van der Waals surface area contributed by atoms with Crippen molar-refractivity contribution >= 4 is 133 Å². The van der Waals surface area contributed by atoms with Crippen LogP contribution in [0.5, 0.6) is 0 Å². The minimum atomic E-state index is 0.897. The minimum absolute atomic E-state index is 0.897. The maximum atomic E-state index is 6.15. The Bertz CT molecular complexity index is 6330. The zero-order chi connectivity index (χ0) is 69.4. The van der Waals surface area contributed by atoms with Gasteiger partial charge in [-0.3, -0.25) is 0 Å². The van der Waals surface area contributed by atoms with E-state index in [0.29, 0.717) is 0 Å². The Labute approximate surface area is 601 Å². The summed E-state index contributed by atoms with van der Waals surface area (Å²) in [5, 5.41) is 23.1. The summed E-state index contributed by atoms with van der Waals surface area (Å²) >= 11 is 0. The predicted molar refractivity (Wildman–Crippen MR) is 436 cm³/mol. The molecular weight excluding hydrogens is 1270 g/mol. The summed E-state index contributed by atoms with van der Waals surface area (Å²) in [6.45, 7) is 0. The van der Waals surface area contributed by atoms with Crippen LogP contribution in [-0.2, 0) is 0 Å². The highest BCUT2D eigenvalue weighted by molar-refractivity contribution is 6.11. The maximum Gasteiger partial charge on any atom is 0.143 e. The molecule has 0 unspecified atom stereocenters. The molecule has 496 valence electrons. The van der Waals surface area contributed by atoms with Gasteiger partial charge in [0.1, 0.15) is 44.7 Å². The van der Waals surface area contributed by atoms with Gasteiger partial charge < -0.3 is 38.9 Å². The molecule has 20 rings (SSSR count). The van der Waals surface area contributed by atoms with Crippen LogP contribution in [0.25, 0.3) is 132 Å². The molecule has 0 aliphatic rings. The van der Waals surface area contributed by atoms with Gasteiger partial charge in [0.15, 0.2) is 0 Å². The van der Waals surface area contributed by atoms with Gasteiger partial charge in [0.05, 0.1) is 0 Å². The number of anilines is 8. The average Bonchev–Trinajstić information content (AvgIpc) is 1.65. The average molecular weight is 1340 g/mol. The molecule has 16 aromatic carbocycles. The van der Waals surface area contributed by atoms with E-state index in [0.717, 1.165) is 150 Å². The molecule has 4 N–H and O–H groups in total. The molecule has 0 saturated heterocycles. The van der Waals surface area contributed by atoms with Crippen LogP contribution in [0.3, 0.4) is 0 Å². The highest BCUT2D eigenvalue weighted by atomic mass is 16.3. The summed E-state index contributed by atoms with van der Waals surface area (Å²) in [6.07, 6.45) is 0.